The Morgan fingerprint density at radius 2 is 1.56 bits per heavy atom. The number of rotatable bonds is 4. The summed E-state index contributed by atoms with van der Waals surface area (Å²) >= 11 is 0. The van der Waals surface area contributed by atoms with Crippen LogP contribution in [0.2, 0.25) is 0 Å². The first-order chi connectivity index (χ1) is 7.61. The van der Waals surface area contributed by atoms with Gasteiger partial charge < -0.3 is 0 Å². The predicted molar refractivity (Wildman–Crippen MR) is 65.5 cm³/mol. The molecule has 0 amide bonds. The Labute approximate surface area is 97.7 Å². The topological polar surface area (TPSA) is 0 Å². The highest BCUT2D eigenvalue weighted by atomic mass is 19.1. The Hall–Kier alpha value is -0.920. The van der Waals surface area contributed by atoms with Crippen LogP contribution in [0.25, 0.3) is 0 Å². The Morgan fingerprint density at radius 3 is 2.00 bits per heavy atom. The highest BCUT2D eigenvalue weighted by molar-refractivity contribution is 5.18. The van der Waals surface area contributed by atoms with E-state index in [1.165, 1.54) is 12.1 Å². The molecule has 16 heavy (non-hydrogen) atoms. The first-order valence-electron chi connectivity index (χ1n) is 6.06. The molecule has 0 fully saturated rings. The first-order valence-corrected chi connectivity index (χ1v) is 6.06. The van der Waals surface area contributed by atoms with E-state index in [0.29, 0.717) is 5.92 Å². The molecule has 0 N–H and O–H groups in total. The maximum atomic E-state index is 12.8. The van der Waals surface area contributed by atoms with E-state index in [4.69, 9.17) is 0 Å². The van der Waals surface area contributed by atoms with Crippen molar-refractivity contribution in [2.75, 3.05) is 0 Å². The first kappa shape index (κ1) is 15.1. The van der Waals surface area contributed by atoms with E-state index in [1.807, 2.05) is 13.8 Å². The van der Waals surface area contributed by atoms with Gasteiger partial charge >= 0.3 is 0 Å². The normalized spacial score (nSPS) is 11.6. The molecule has 0 heterocycles. The minimum absolute atomic E-state index is 0.483. The van der Waals surface area contributed by atoms with Crippen LogP contribution in [0.3, 0.4) is 0 Å². The van der Waals surface area contributed by atoms with Crippen LogP contribution in [0.5, 0.6) is 0 Å². The molecule has 1 rings (SSSR count). The van der Waals surface area contributed by atoms with Gasteiger partial charge in [0.15, 0.2) is 0 Å². The van der Waals surface area contributed by atoms with Gasteiger partial charge in [0.2, 0.25) is 0 Å². The van der Waals surface area contributed by atoms with Crippen molar-refractivity contribution in [1.29, 1.82) is 0 Å². The van der Waals surface area contributed by atoms with Gasteiger partial charge in [0.05, 0.1) is 0 Å². The average Bonchev–Trinajstić information content (AvgIpc) is 2.19. The molecule has 0 radical (unpaired) electrons. The summed E-state index contributed by atoms with van der Waals surface area (Å²) in [5.74, 6) is -0.478. The van der Waals surface area contributed by atoms with Crippen molar-refractivity contribution < 1.29 is 8.78 Å². The molecule has 0 spiro atoms. The molecule has 0 saturated heterocycles. The van der Waals surface area contributed by atoms with Crippen LogP contribution in [0.15, 0.2) is 18.2 Å². The summed E-state index contributed by atoms with van der Waals surface area (Å²) in [6.07, 6.45) is 2.96. The molecule has 1 aromatic carbocycles. The highest BCUT2D eigenvalue weighted by Gasteiger charge is 2.05. The molecule has 0 nitrogen and oxygen atoms in total. The van der Waals surface area contributed by atoms with Crippen molar-refractivity contribution in [3.63, 3.8) is 0 Å². The third-order valence-corrected chi connectivity index (χ3v) is 2.29. The van der Waals surface area contributed by atoms with E-state index in [-0.39, 0.29) is 0 Å². The molecule has 0 aromatic heterocycles. The number of hydrogen-bond donors (Lipinski definition) is 0. The lowest BCUT2D eigenvalue weighted by molar-refractivity contribution is 0.515. The fourth-order valence-corrected chi connectivity index (χ4v) is 1.73. The summed E-state index contributed by atoms with van der Waals surface area (Å²) in [6, 6.07) is 3.73. The van der Waals surface area contributed by atoms with Gasteiger partial charge in [-0.1, -0.05) is 40.5 Å². The van der Waals surface area contributed by atoms with Crippen LogP contribution >= 0.6 is 0 Å². The minimum Gasteiger partial charge on any atom is -0.207 e. The van der Waals surface area contributed by atoms with Gasteiger partial charge in [-0.15, -0.1) is 0 Å². The smallest absolute Gasteiger partial charge is 0.126 e. The molecule has 2 heteroatoms. The van der Waals surface area contributed by atoms with Gasteiger partial charge in [-0.25, -0.2) is 8.78 Å². The van der Waals surface area contributed by atoms with Gasteiger partial charge in [-0.2, -0.15) is 0 Å². The lowest BCUT2D eigenvalue weighted by Crippen LogP contribution is -2.00. The molecule has 0 aliphatic rings. The van der Waals surface area contributed by atoms with Gasteiger partial charge in [0.1, 0.15) is 11.6 Å². The molecular formula is C14H22F2. The second-order valence-electron chi connectivity index (χ2n) is 3.88. The summed E-state index contributed by atoms with van der Waals surface area (Å²) < 4.78 is 25.6. The SMILES string of the molecule is CC.CCCC(C)Cc1cc(F)cc(F)c1. The molecule has 1 atom stereocenters. The highest BCUT2D eigenvalue weighted by Crippen LogP contribution is 2.15. The van der Waals surface area contributed by atoms with E-state index < -0.39 is 11.6 Å². The predicted octanol–water partition coefficient (Wildman–Crippen LogP) is 4.97. The van der Waals surface area contributed by atoms with E-state index in [2.05, 4.69) is 13.8 Å². The van der Waals surface area contributed by atoms with E-state index in [9.17, 15) is 8.78 Å². The zero-order valence-electron chi connectivity index (χ0n) is 10.7. The largest absolute Gasteiger partial charge is 0.207 e. The molecule has 1 unspecified atom stereocenters. The fourth-order valence-electron chi connectivity index (χ4n) is 1.73. The Bertz CT molecular complexity index is 275. The molecule has 0 saturated carbocycles. The van der Waals surface area contributed by atoms with E-state index >= 15 is 0 Å². The standard InChI is InChI=1S/C12H16F2.C2H6/c1-3-4-9(2)5-10-6-11(13)8-12(14)7-10;1-2/h6-9H,3-5H2,1-2H3;1-2H3. The summed E-state index contributed by atoms with van der Waals surface area (Å²) in [5, 5.41) is 0. The van der Waals surface area contributed by atoms with Crippen LogP contribution in [0, 0.1) is 17.6 Å². The fraction of sp³-hybridized carbons (Fsp3) is 0.571. The maximum absolute atomic E-state index is 12.8. The summed E-state index contributed by atoms with van der Waals surface area (Å²) in [5.41, 5.74) is 0.753. The third-order valence-electron chi connectivity index (χ3n) is 2.29. The van der Waals surface area contributed by atoms with Gasteiger partial charge in [-0.05, 0) is 30.0 Å². The van der Waals surface area contributed by atoms with Crippen LogP contribution in [0.4, 0.5) is 8.78 Å². The van der Waals surface area contributed by atoms with Gasteiger partial charge in [0, 0.05) is 6.07 Å². The van der Waals surface area contributed by atoms with Crippen LogP contribution < -0.4 is 0 Å². The number of hydrogen-bond acceptors (Lipinski definition) is 0. The van der Waals surface area contributed by atoms with Crippen molar-refractivity contribution in [2.24, 2.45) is 5.92 Å². The average molecular weight is 228 g/mol. The molecule has 0 bridgehead atoms. The van der Waals surface area contributed by atoms with Crippen molar-refractivity contribution in [1.82, 2.24) is 0 Å². The zero-order chi connectivity index (χ0) is 12.6. The van der Waals surface area contributed by atoms with Gasteiger partial charge in [-0.3, -0.25) is 0 Å². The molecule has 92 valence electrons. The van der Waals surface area contributed by atoms with Crippen molar-refractivity contribution >= 4 is 0 Å². The minimum atomic E-state index is -0.483. The second kappa shape index (κ2) is 8.26. The third kappa shape index (κ3) is 5.84. The molecule has 0 aliphatic carbocycles. The Morgan fingerprint density at radius 1 is 1.06 bits per heavy atom. The van der Waals surface area contributed by atoms with Gasteiger partial charge in [0.25, 0.3) is 0 Å². The quantitative estimate of drug-likeness (QED) is 0.682. The van der Waals surface area contributed by atoms with E-state index in [1.54, 1.807) is 0 Å². The molecular weight excluding hydrogens is 206 g/mol. The number of halogens is 2. The maximum Gasteiger partial charge on any atom is 0.126 e. The van der Waals surface area contributed by atoms with Crippen LogP contribution in [0.1, 0.15) is 46.1 Å². The zero-order valence-corrected chi connectivity index (χ0v) is 10.7. The lowest BCUT2D eigenvalue weighted by Gasteiger charge is -2.09. The van der Waals surface area contributed by atoms with Crippen molar-refractivity contribution in [3.8, 4) is 0 Å². The van der Waals surface area contributed by atoms with E-state index in [0.717, 1.165) is 30.9 Å². The lowest BCUT2D eigenvalue weighted by atomic mass is 9.97. The Kier molecular flexibility index (Phi) is 7.78. The molecule has 1 aromatic rings. The summed E-state index contributed by atoms with van der Waals surface area (Å²) in [6.45, 7) is 8.22. The summed E-state index contributed by atoms with van der Waals surface area (Å²) in [7, 11) is 0. The van der Waals surface area contributed by atoms with Crippen molar-refractivity contribution in [2.45, 2.75) is 47.0 Å². The van der Waals surface area contributed by atoms with Crippen LogP contribution in [-0.2, 0) is 6.42 Å². The molecule has 0 aliphatic heterocycles. The Balaban J connectivity index is 0.00000106. The van der Waals surface area contributed by atoms with Crippen molar-refractivity contribution in [3.05, 3.63) is 35.4 Å². The number of benzene rings is 1. The van der Waals surface area contributed by atoms with Crippen LogP contribution in [-0.4, -0.2) is 0 Å². The summed E-state index contributed by atoms with van der Waals surface area (Å²) in [4.78, 5) is 0. The monoisotopic (exact) mass is 228 g/mol. The second-order valence-corrected chi connectivity index (χ2v) is 3.88.